The summed E-state index contributed by atoms with van der Waals surface area (Å²) >= 11 is 0. The maximum Gasteiger partial charge on any atom is 0.242 e. The number of nitrogens with one attached hydrogen (secondary N) is 1. The highest BCUT2D eigenvalue weighted by Crippen LogP contribution is 2.30. The Hall–Kier alpha value is -4.39. The molecule has 11 nitrogen and oxygen atoms in total. The molecule has 1 aliphatic rings. The summed E-state index contributed by atoms with van der Waals surface area (Å²) in [7, 11) is 1.08. The summed E-state index contributed by atoms with van der Waals surface area (Å²) in [5.74, 6) is 0.262. The topological polar surface area (TPSA) is 130 Å². The van der Waals surface area contributed by atoms with Crippen molar-refractivity contribution in [3.8, 4) is 11.5 Å². The van der Waals surface area contributed by atoms with E-state index in [-0.39, 0.29) is 55.2 Å². The van der Waals surface area contributed by atoms with E-state index in [9.17, 15) is 23.1 Å². The van der Waals surface area contributed by atoms with Gasteiger partial charge >= 0.3 is 0 Å². The maximum absolute atomic E-state index is 13.6. The molecule has 0 bridgehead atoms. The molecule has 47 heavy (non-hydrogen) atoms. The van der Waals surface area contributed by atoms with Gasteiger partial charge in [0.1, 0.15) is 17.6 Å². The van der Waals surface area contributed by atoms with Crippen LogP contribution in [-0.4, -0.2) is 85.1 Å². The minimum atomic E-state index is -3.87. The summed E-state index contributed by atoms with van der Waals surface area (Å²) in [5, 5.41) is 13.9. The van der Waals surface area contributed by atoms with Crippen molar-refractivity contribution < 1.29 is 32.6 Å². The molecule has 5 rings (SSSR count). The van der Waals surface area contributed by atoms with E-state index in [1.165, 1.54) is 30.6 Å². The van der Waals surface area contributed by atoms with Crippen molar-refractivity contribution in [2.75, 3.05) is 39.2 Å². The van der Waals surface area contributed by atoms with Crippen LogP contribution in [0.4, 0.5) is 5.69 Å². The van der Waals surface area contributed by atoms with Gasteiger partial charge in [-0.05, 0) is 61.0 Å². The van der Waals surface area contributed by atoms with Crippen LogP contribution in [0, 0.1) is 5.92 Å². The molecule has 250 valence electrons. The Morgan fingerprint density at radius 3 is 2.57 bits per heavy atom. The number of carbonyl (C=O) groups is 2. The average Bonchev–Trinajstić information content (AvgIpc) is 3.39. The van der Waals surface area contributed by atoms with Gasteiger partial charge in [0.2, 0.25) is 21.8 Å². The molecule has 1 aliphatic heterocycles. The first kappa shape index (κ1) is 34.0. The lowest BCUT2D eigenvalue weighted by Gasteiger charge is -2.33. The van der Waals surface area contributed by atoms with Crippen LogP contribution >= 0.6 is 0 Å². The predicted molar refractivity (Wildman–Crippen MR) is 180 cm³/mol. The fourth-order valence-corrected chi connectivity index (χ4v) is 7.13. The van der Waals surface area contributed by atoms with Crippen molar-refractivity contribution in [1.82, 2.24) is 13.8 Å². The Morgan fingerprint density at radius 1 is 1.15 bits per heavy atom. The molecule has 3 aromatic carbocycles. The first-order valence-electron chi connectivity index (χ1n) is 15.5. The predicted octanol–water partition coefficient (Wildman–Crippen LogP) is 3.84. The minimum Gasteiger partial charge on any atom is -0.497 e. The summed E-state index contributed by atoms with van der Waals surface area (Å²) in [5.41, 5.74) is 3.00. The number of aliphatic hydroxyl groups is 1. The summed E-state index contributed by atoms with van der Waals surface area (Å²) < 4.78 is 41.9. The van der Waals surface area contributed by atoms with Crippen molar-refractivity contribution in [2.45, 2.75) is 43.7 Å². The van der Waals surface area contributed by atoms with E-state index in [1.807, 2.05) is 49.0 Å². The molecule has 2 amide bonds. The number of aliphatic hydroxyl groups excluding tert-OH is 1. The largest absolute Gasteiger partial charge is 0.497 e. The highest BCUT2D eigenvalue weighted by molar-refractivity contribution is 7.89. The quantitative estimate of drug-likeness (QED) is 0.264. The number of sulfonamides is 1. The van der Waals surface area contributed by atoms with Gasteiger partial charge in [0.15, 0.2) is 0 Å². The molecule has 2 N–H and O–H groups in total. The SMILES string of the molecule is COc1ccc(S(=O)(=O)N(C)C[C@@H]2Oc3ccc(NC(=O)Cc4cn(C)c5ccccc45)cc3CC(=O)N([C@H](C)CO)C[C@H]2C)cc1. The number of amides is 2. The first-order chi connectivity index (χ1) is 22.4. The van der Waals surface area contributed by atoms with Gasteiger partial charge in [-0.2, -0.15) is 4.31 Å². The number of methoxy groups -OCH3 is 1. The Balaban J connectivity index is 1.40. The zero-order chi connectivity index (χ0) is 33.9. The van der Waals surface area contributed by atoms with Crippen LogP contribution in [0.3, 0.4) is 0 Å². The molecule has 3 atom stereocenters. The molecule has 0 aliphatic carbocycles. The average molecular weight is 663 g/mol. The normalized spacial score (nSPS) is 17.8. The molecule has 1 aromatic heterocycles. The number of hydrogen-bond acceptors (Lipinski definition) is 7. The van der Waals surface area contributed by atoms with Crippen LogP contribution in [-0.2, 0) is 39.5 Å². The number of rotatable bonds is 10. The van der Waals surface area contributed by atoms with Crippen LogP contribution in [0.2, 0.25) is 0 Å². The van der Waals surface area contributed by atoms with Crippen molar-refractivity contribution in [1.29, 1.82) is 0 Å². The Labute approximate surface area is 275 Å². The van der Waals surface area contributed by atoms with Crippen LogP contribution < -0.4 is 14.8 Å². The number of benzene rings is 3. The van der Waals surface area contributed by atoms with Gasteiger partial charge < -0.3 is 29.4 Å². The third-order valence-electron chi connectivity index (χ3n) is 8.74. The number of ether oxygens (including phenoxy) is 2. The molecule has 12 heteroatoms. The molecule has 2 heterocycles. The Morgan fingerprint density at radius 2 is 1.87 bits per heavy atom. The number of carbonyl (C=O) groups excluding carboxylic acids is 2. The number of nitrogens with zero attached hydrogens (tertiary/aromatic N) is 3. The van der Waals surface area contributed by atoms with Gasteiger partial charge in [-0.3, -0.25) is 9.59 Å². The smallest absolute Gasteiger partial charge is 0.242 e. The monoisotopic (exact) mass is 662 g/mol. The van der Waals surface area contributed by atoms with Crippen LogP contribution in [0.15, 0.2) is 77.8 Å². The standard InChI is InChI=1S/C35H42N4O7S/c1-23-19-39(24(2)22-40)35(42)18-25-16-27(36-34(41)17-26-20-37(3)31-9-7-6-8-30(26)31)10-15-32(25)46-33(23)21-38(4)47(43,44)29-13-11-28(45-5)12-14-29/h6-16,20,23-24,33,40H,17-19,21-22H2,1-5H3,(H,36,41)/t23-,24-,33+/m1/s1. The highest BCUT2D eigenvalue weighted by atomic mass is 32.2. The van der Waals surface area contributed by atoms with Crippen LogP contribution in [0.1, 0.15) is 25.0 Å². The summed E-state index contributed by atoms with van der Waals surface area (Å²) in [6, 6.07) is 18.8. The maximum atomic E-state index is 13.6. The van der Waals surface area contributed by atoms with Gasteiger partial charge in [0, 0.05) is 54.9 Å². The van der Waals surface area contributed by atoms with E-state index in [1.54, 1.807) is 42.2 Å². The van der Waals surface area contributed by atoms with Crippen LogP contribution in [0.25, 0.3) is 10.9 Å². The van der Waals surface area contributed by atoms with E-state index >= 15 is 0 Å². The Bertz CT molecular complexity index is 1860. The molecule has 0 saturated heterocycles. The number of anilines is 1. The lowest BCUT2D eigenvalue weighted by Crippen LogP contribution is -2.48. The lowest BCUT2D eigenvalue weighted by atomic mass is 10.0. The number of aryl methyl sites for hydroxylation is 1. The van der Waals surface area contributed by atoms with Gasteiger partial charge in [-0.15, -0.1) is 0 Å². The van der Waals surface area contributed by atoms with Gasteiger partial charge in [0.05, 0.1) is 44.0 Å². The molecule has 0 spiro atoms. The second-order valence-electron chi connectivity index (χ2n) is 12.2. The molecular weight excluding hydrogens is 620 g/mol. The number of likely N-dealkylation sites (N-methyl/N-ethyl adjacent to an activating group) is 1. The van der Waals surface area contributed by atoms with Crippen LogP contribution in [0.5, 0.6) is 11.5 Å². The zero-order valence-electron chi connectivity index (χ0n) is 27.3. The fourth-order valence-electron chi connectivity index (χ4n) is 5.95. The first-order valence-corrected chi connectivity index (χ1v) is 17.0. The summed E-state index contributed by atoms with van der Waals surface area (Å²) in [6.45, 7) is 3.70. The van der Waals surface area contributed by atoms with Gasteiger partial charge in [0.25, 0.3) is 0 Å². The van der Waals surface area contributed by atoms with E-state index in [2.05, 4.69) is 5.32 Å². The molecule has 0 fully saturated rings. The van der Waals surface area contributed by atoms with Crippen molar-refractivity contribution in [3.05, 3.63) is 84.1 Å². The third kappa shape index (κ3) is 7.45. The molecule has 0 unspecified atom stereocenters. The van der Waals surface area contributed by atoms with E-state index in [0.29, 0.717) is 22.7 Å². The summed E-state index contributed by atoms with van der Waals surface area (Å²) in [6.07, 6.45) is 1.46. The Kier molecular flexibility index (Phi) is 10.2. The third-order valence-corrected chi connectivity index (χ3v) is 10.6. The van der Waals surface area contributed by atoms with Gasteiger partial charge in [-0.1, -0.05) is 25.1 Å². The zero-order valence-corrected chi connectivity index (χ0v) is 28.2. The molecule has 0 saturated carbocycles. The lowest BCUT2D eigenvalue weighted by molar-refractivity contribution is -0.134. The fraction of sp³-hybridized carbons (Fsp3) is 0.371. The number of aromatic nitrogens is 1. The highest BCUT2D eigenvalue weighted by Gasteiger charge is 2.33. The summed E-state index contributed by atoms with van der Waals surface area (Å²) in [4.78, 5) is 28.5. The van der Waals surface area contributed by atoms with Crippen molar-refractivity contribution >= 4 is 38.4 Å². The number of fused-ring (bicyclic) bond motifs is 2. The van der Waals surface area contributed by atoms with E-state index in [4.69, 9.17) is 9.47 Å². The van der Waals surface area contributed by atoms with E-state index < -0.39 is 22.2 Å². The minimum absolute atomic E-state index is 0.00796. The number of hydrogen-bond donors (Lipinski definition) is 2. The second kappa shape index (κ2) is 14.2. The van der Waals surface area contributed by atoms with Crippen molar-refractivity contribution in [2.24, 2.45) is 13.0 Å². The van der Waals surface area contributed by atoms with E-state index in [0.717, 1.165) is 16.5 Å². The molecular formula is C35H42N4O7S. The molecule has 4 aromatic rings. The second-order valence-corrected chi connectivity index (χ2v) is 14.2. The number of para-hydroxylation sites is 1. The van der Waals surface area contributed by atoms with Crippen molar-refractivity contribution in [3.63, 3.8) is 0 Å². The molecule has 0 radical (unpaired) electrons. The van der Waals surface area contributed by atoms with Gasteiger partial charge in [-0.25, -0.2) is 8.42 Å².